The maximum absolute atomic E-state index is 11.7. The van der Waals surface area contributed by atoms with Crippen molar-refractivity contribution in [3.05, 3.63) is 22.6 Å². The third-order valence-electron chi connectivity index (χ3n) is 2.46. The minimum Gasteiger partial charge on any atom is -0.453 e. The molecule has 0 saturated carbocycles. The monoisotopic (exact) mass is 302 g/mol. The van der Waals surface area contributed by atoms with E-state index in [1.807, 2.05) is 32.9 Å². The van der Waals surface area contributed by atoms with Crippen molar-refractivity contribution in [2.45, 2.75) is 39.3 Å². The summed E-state index contributed by atoms with van der Waals surface area (Å²) in [5.41, 5.74) is 0. The standard InChI is InChI=1S/C12H19BrN2O2/c1-4-7-14-12(16)9(3)15-8(2)10-5-6-11(13)17-10/h5-6,8-9,15H,4,7H2,1-3H3,(H,14,16). The molecule has 0 aliphatic rings. The number of hydrogen-bond acceptors (Lipinski definition) is 3. The van der Waals surface area contributed by atoms with Gasteiger partial charge in [-0.2, -0.15) is 0 Å². The van der Waals surface area contributed by atoms with Gasteiger partial charge in [0.1, 0.15) is 5.76 Å². The second-order valence-electron chi connectivity index (χ2n) is 4.04. The van der Waals surface area contributed by atoms with Gasteiger partial charge in [0.05, 0.1) is 12.1 Å². The molecule has 1 amide bonds. The molecule has 0 aromatic carbocycles. The lowest BCUT2D eigenvalue weighted by molar-refractivity contribution is -0.122. The molecule has 0 saturated heterocycles. The molecule has 0 radical (unpaired) electrons. The van der Waals surface area contributed by atoms with Gasteiger partial charge in [-0.05, 0) is 48.3 Å². The largest absolute Gasteiger partial charge is 0.453 e. The van der Waals surface area contributed by atoms with E-state index >= 15 is 0 Å². The van der Waals surface area contributed by atoms with Crippen LogP contribution in [-0.2, 0) is 4.79 Å². The predicted octanol–water partition coefficient (Wildman–Crippen LogP) is 2.61. The fourth-order valence-corrected chi connectivity index (χ4v) is 1.81. The van der Waals surface area contributed by atoms with Gasteiger partial charge in [-0.15, -0.1) is 0 Å². The topological polar surface area (TPSA) is 54.3 Å². The van der Waals surface area contributed by atoms with Crippen LogP contribution in [0.5, 0.6) is 0 Å². The Kier molecular flexibility index (Phi) is 5.71. The summed E-state index contributed by atoms with van der Waals surface area (Å²) in [5.74, 6) is 0.830. The normalized spacial score (nSPS) is 14.4. The first kappa shape index (κ1) is 14.3. The van der Waals surface area contributed by atoms with Gasteiger partial charge in [-0.25, -0.2) is 0 Å². The first-order valence-corrected chi connectivity index (χ1v) is 6.63. The molecule has 2 N–H and O–H groups in total. The fourth-order valence-electron chi connectivity index (χ4n) is 1.50. The number of carbonyl (C=O) groups excluding carboxylic acids is 1. The Labute approximate surface area is 110 Å². The van der Waals surface area contributed by atoms with Crippen LogP contribution < -0.4 is 10.6 Å². The summed E-state index contributed by atoms with van der Waals surface area (Å²) in [4.78, 5) is 11.7. The highest BCUT2D eigenvalue weighted by Gasteiger charge is 2.17. The Morgan fingerprint density at radius 3 is 2.71 bits per heavy atom. The quantitative estimate of drug-likeness (QED) is 0.849. The molecule has 17 heavy (non-hydrogen) atoms. The van der Waals surface area contributed by atoms with Crippen LogP contribution in [0.25, 0.3) is 0 Å². The van der Waals surface area contributed by atoms with Crippen LogP contribution >= 0.6 is 15.9 Å². The second kappa shape index (κ2) is 6.81. The maximum Gasteiger partial charge on any atom is 0.236 e. The average Bonchev–Trinajstić information content (AvgIpc) is 2.72. The molecule has 2 unspecified atom stereocenters. The highest BCUT2D eigenvalue weighted by atomic mass is 79.9. The molecule has 0 fully saturated rings. The zero-order valence-corrected chi connectivity index (χ0v) is 12.0. The third-order valence-corrected chi connectivity index (χ3v) is 2.89. The van der Waals surface area contributed by atoms with E-state index in [1.165, 1.54) is 0 Å². The zero-order valence-electron chi connectivity index (χ0n) is 10.4. The summed E-state index contributed by atoms with van der Waals surface area (Å²) in [6.07, 6.45) is 0.944. The molecule has 0 aliphatic heterocycles. The van der Waals surface area contributed by atoms with E-state index in [0.29, 0.717) is 11.2 Å². The van der Waals surface area contributed by atoms with Gasteiger partial charge in [0, 0.05) is 6.54 Å². The van der Waals surface area contributed by atoms with Crippen LogP contribution in [0, 0.1) is 0 Å². The van der Waals surface area contributed by atoms with Gasteiger partial charge >= 0.3 is 0 Å². The second-order valence-corrected chi connectivity index (χ2v) is 4.82. The van der Waals surface area contributed by atoms with Crippen LogP contribution in [0.4, 0.5) is 0 Å². The summed E-state index contributed by atoms with van der Waals surface area (Å²) >= 11 is 3.26. The third kappa shape index (κ3) is 4.52. The Hall–Kier alpha value is -0.810. The number of rotatable bonds is 6. The Balaban J connectivity index is 2.45. The number of halogens is 1. The Bertz CT molecular complexity index is 365. The van der Waals surface area contributed by atoms with Crippen LogP contribution in [0.15, 0.2) is 21.2 Å². The van der Waals surface area contributed by atoms with Crippen LogP contribution in [0.3, 0.4) is 0 Å². The number of carbonyl (C=O) groups is 1. The molecular weight excluding hydrogens is 284 g/mol. The predicted molar refractivity (Wildman–Crippen MR) is 70.7 cm³/mol. The minimum atomic E-state index is -0.236. The van der Waals surface area contributed by atoms with Crippen molar-refractivity contribution in [1.82, 2.24) is 10.6 Å². The van der Waals surface area contributed by atoms with Crippen LogP contribution in [0.1, 0.15) is 39.0 Å². The van der Waals surface area contributed by atoms with Gasteiger partial charge in [0.25, 0.3) is 0 Å². The number of hydrogen-bond donors (Lipinski definition) is 2. The van der Waals surface area contributed by atoms with Crippen LogP contribution in [-0.4, -0.2) is 18.5 Å². The smallest absolute Gasteiger partial charge is 0.236 e. The molecule has 5 heteroatoms. The molecule has 0 spiro atoms. The van der Waals surface area contributed by atoms with Crippen molar-refractivity contribution >= 4 is 21.8 Å². The van der Waals surface area contributed by atoms with Crippen molar-refractivity contribution in [2.75, 3.05) is 6.54 Å². The highest BCUT2D eigenvalue weighted by molar-refractivity contribution is 9.10. The van der Waals surface area contributed by atoms with Gasteiger partial charge in [0.15, 0.2) is 4.67 Å². The van der Waals surface area contributed by atoms with Crippen LogP contribution in [0.2, 0.25) is 0 Å². The molecule has 2 atom stereocenters. The van der Waals surface area contributed by atoms with E-state index in [-0.39, 0.29) is 18.0 Å². The summed E-state index contributed by atoms with van der Waals surface area (Å²) in [6.45, 7) is 6.56. The van der Waals surface area contributed by atoms with E-state index in [9.17, 15) is 4.79 Å². The Morgan fingerprint density at radius 1 is 1.47 bits per heavy atom. The highest BCUT2D eigenvalue weighted by Crippen LogP contribution is 2.20. The lowest BCUT2D eigenvalue weighted by Gasteiger charge is -2.17. The Morgan fingerprint density at radius 2 is 2.18 bits per heavy atom. The van der Waals surface area contributed by atoms with Gasteiger partial charge < -0.3 is 9.73 Å². The van der Waals surface area contributed by atoms with Crippen molar-refractivity contribution in [3.63, 3.8) is 0 Å². The van der Waals surface area contributed by atoms with E-state index in [4.69, 9.17) is 4.42 Å². The molecule has 0 bridgehead atoms. The van der Waals surface area contributed by atoms with Crippen molar-refractivity contribution < 1.29 is 9.21 Å². The van der Waals surface area contributed by atoms with E-state index in [0.717, 1.165) is 12.2 Å². The molecular formula is C12H19BrN2O2. The summed E-state index contributed by atoms with van der Waals surface area (Å²) < 4.78 is 6.13. The molecule has 1 aromatic heterocycles. The van der Waals surface area contributed by atoms with Gasteiger partial charge in [-0.1, -0.05) is 6.92 Å². The molecule has 4 nitrogen and oxygen atoms in total. The molecule has 1 rings (SSSR count). The lowest BCUT2D eigenvalue weighted by Crippen LogP contribution is -2.43. The molecule has 1 heterocycles. The SMILES string of the molecule is CCCNC(=O)C(C)NC(C)c1ccc(Br)o1. The van der Waals surface area contributed by atoms with Gasteiger partial charge in [-0.3, -0.25) is 10.1 Å². The molecule has 1 aromatic rings. The zero-order chi connectivity index (χ0) is 12.8. The van der Waals surface area contributed by atoms with E-state index in [1.54, 1.807) is 0 Å². The van der Waals surface area contributed by atoms with E-state index < -0.39 is 0 Å². The van der Waals surface area contributed by atoms with E-state index in [2.05, 4.69) is 26.6 Å². The number of furan rings is 1. The molecule has 0 aliphatic carbocycles. The first-order valence-electron chi connectivity index (χ1n) is 5.83. The number of amides is 1. The minimum absolute atomic E-state index is 0.00340. The van der Waals surface area contributed by atoms with Gasteiger partial charge in [0.2, 0.25) is 5.91 Å². The summed E-state index contributed by atoms with van der Waals surface area (Å²) in [7, 11) is 0. The van der Waals surface area contributed by atoms with Crippen molar-refractivity contribution in [2.24, 2.45) is 0 Å². The number of nitrogens with one attached hydrogen (secondary N) is 2. The average molecular weight is 303 g/mol. The lowest BCUT2D eigenvalue weighted by atomic mass is 10.2. The van der Waals surface area contributed by atoms with Crippen molar-refractivity contribution in [1.29, 1.82) is 0 Å². The summed E-state index contributed by atoms with van der Waals surface area (Å²) in [5, 5.41) is 6.04. The maximum atomic E-state index is 11.7. The first-order chi connectivity index (χ1) is 8.04. The van der Waals surface area contributed by atoms with Crippen molar-refractivity contribution in [3.8, 4) is 0 Å². The molecule has 96 valence electrons. The fraction of sp³-hybridized carbons (Fsp3) is 0.583. The summed E-state index contributed by atoms with van der Waals surface area (Å²) in [6, 6.07) is 3.50.